The van der Waals surface area contributed by atoms with E-state index >= 15 is 19.2 Å². The molecule has 1 fully saturated rings. The van der Waals surface area contributed by atoms with Gasteiger partial charge in [0.05, 0.1) is 24.7 Å². The van der Waals surface area contributed by atoms with Crippen molar-refractivity contribution in [1.29, 1.82) is 0 Å². The highest BCUT2D eigenvalue weighted by molar-refractivity contribution is 6.15. The van der Waals surface area contributed by atoms with Gasteiger partial charge in [-0.1, -0.05) is 128 Å². The molecule has 0 radical (unpaired) electrons. The number of ether oxygens (including phenoxy) is 3. The molecule has 0 spiro atoms. The lowest BCUT2D eigenvalue weighted by Crippen LogP contribution is -2.64. The van der Waals surface area contributed by atoms with Crippen LogP contribution in [-0.2, 0) is 78.3 Å². The van der Waals surface area contributed by atoms with Crippen LogP contribution < -0.4 is 31.9 Å². The minimum absolute atomic E-state index is 0.0653. The summed E-state index contributed by atoms with van der Waals surface area (Å²) in [5.74, 6) is -5.12. The summed E-state index contributed by atoms with van der Waals surface area (Å²) in [6, 6.07) is 30.9. The number of hydrogen-bond acceptors (Lipinski definition) is 14. The van der Waals surface area contributed by atoms with E-state index < -0.39 is 126 Å². The van der Waals surface area contributed by atoms with E-state index in [1.807, 2.05) is 0 Å². The van der Waals surface area contributed by atoms with Gasteiger partial charge in [0.2, 0.25) is 17.7 Å². The molecule has 5 atom stereocenters. The van der Waals surface area contributed by atoms with Crippen LogP contribution in [0.15, 0.2) is 121 Å². The van der Waals surface area contributed by atoms with Crippen LogP contribution in [0, 0.1) is 5.41 Å². The zero-order valence-electron chi connectivity index (χ0n) is 51.5. The highest BCUT2D eigenvalue weighted by atomic mass is 16.6. The van der Waals surface area contributed by atoms with Crippen LogP contribution in [0.2, 0.25) is 0 Å². The maximum atomic E-state index is 15.6. The summed E-state index contributed by atoms with van der Waals surface area (Å²) in [5, 5.41) is 16.4. The summed E-state index contributed by atoms with van der Waals surface area (Å²) in [6.45, 7) is 10.7. The smallest absolute Gasteiger partial charge is 0.408 e. The van der Waals surface area contributed by atoms with E-state index in [4.69, 9.17) is 14.2 Å². The number of carbonyl (C=O) groups excluding carboxylic acids is 11. The van der Waals surface area contributed by atoms with Crippen LogP contribution in [0.3, 0.4) is 0 Å². The standard InChI is InChI=1S/C67H87N7O14/c1-7-22-52(76)45-66(46-75,44-51-29-18-11-19-30-51)56(77)33-34-67(73-61(82)55(43-50-27-16-10-17-28-50)70-62(83)74-37-39-86-40-38-74,57(78)31-20-35-68-59(80)53(71-63(84)87-47(2)3)41-48-23-12-8-13-24-48)58(79)32-21-36-69-60(81)54(42-49-25-14-9-15-26-49)72-64(85)88-65(4,5)6/h8-19,23-30,46-47,53-55H,7,20-22,31-45H2,1-6H3,(H,68,80)(H,69,81)(H,70,83)(H,71,84)(H,72,85)(H,73,82)/t53-,54-,55-,66?,67?/m0/s1. The fourth-order valence-electron chi connectivity index (χ4n) is 10.2. The van der Waals surface area contributed by atoms with Crippen molar-refractivity contribution in [3.8, 4) is 0 Å². The van der Waals surface area contributed by atoms with Gasteiger partial charge in [0.15, 0.2) is 17.1 Å². The third kappa shape index (κ3) is 23.3. The lowest BCUT2D eigenvalue weighted by atomic mass is 9.71. The van der Waals surface area contributed by atoms with Gasteiger partial charge in [-0.05, 0) is 89.0 Å². The van der Waals surface area contributed by atoms with Crippen LogP contribution in [0.1, 0.15) is 122 Å². The van der Waals surface area contributed by atoms with E-state index in [9.17, 15) is 33.6 Å². The minimum Gasteiger partial charge on any atom is -0.447 e. The SMILES string of the molecule is CCCC(=O)CC(C=O)(Cc1ccccc1)C(=O)CCC(NC(=O)[C@H](Cc1ccccc1)NC(=O)N1CCOCC1)(C(=O)CCCNC(=O)[C@H](Cc1ccccc1)NC(=O)OC(C)C)C(=O)CCCNC(=O)[C@H](Cc1ccccc1)NC(=O)OC(C)(C)C. The number of Topliss-reactive ketones (excluding diaryl/α,β-unsaturated/α-hetero) is 4. The Morgan fingerprint density at radius 1 is 0.568 bits per heavy atom. The molecule has 4 aromatic rings. The van der Waals surface area contributed by atoms with Crippen molar-refractivity contribution in [2.75, 3.05) is 39.4 Å². The van der Waals surface area contributed by atoms with Crippen molar-refractivity contribution >= 4 is 65.4 Å². The fraction of sp³-hybridized carbons (Fsp3) is 0.478. The second-order valence-corrected chi connectivity index (χ2v) is 23.4. The molecule has 1 saturated heterocycles. The highest BCUT2D eigenvalue weighted by Gasteiger charge is 2.49. The van der Waals surface area contributed by atoms with Crippen LogP contribution in [0.5, 0.6) is 0 Å². The molecule has 0 bridgehead atoms. The van der Waals surface area contributed by atoms with E-state index in [1.54, 1.807) is 163 Å². The monoisotopic (exact) mass is 1210 g/mol. The quantitative estimate of drug-likeness (QED) is 0.0156. The Kier molecular flexibility index (Phi) is 28.1. The van der Waals surface area contributed by atoms with Gasteiger partial charge in [0.1, 0.15) is 41.6 Å². The van der Waals surface area contributed by atoms with Crippen LogP contribution >= 0.6 is 0 Å². The molecule has 1 aliphatic rings. The Hall–Kier alpha value is -8.59. The second-order valence-electron chi connectivity index (χ2n) is 23.4. The predicted octanol–water partition coefficient (Wildman–Crippen LogP) is 6.84. The molecule has 88 heavy (non-hydrogen) atoms. The number of morpholine rings is 1. The number of nitrogens with zero attached hydrogens (tertiary/aromatic N) is 1. The van der Waals surface area contributed by atoms with Crippen molar-refractivity contribution in [1.82, 2.24) is 36.8 Å². The minimum atomic E-state index is -2.58. The van der Waals surface area contributed by atoms with Crippen molar-refractivity contribution in [3.05, 3.63) is 144 Å². The largest absolute Gasteiger partial charge is 0.447 e. The van der Waals surface area contributed by atoms with Gasteiger partial charge in [-0.15, -0.1) is 0 Å². The maximum Gasteiger partial charge on any atom is 0.408 e. The van der Waals surface area contributed by atoms with Gasteiger partial charge in [0, 0.05) is 77.5 Å². The molecule has 1 heterocycles. The summed E-state index contributed by atoms with van der Waals surface area (Å²) >= 11 is 0. The first-order valence-electron chi connectivity index (χ1n) is 30.3. The predicted molar refractivity (Wildman–Crippen MR) is 330 cm³/mol. The van der Waals surface area contributed by atoms with Crippen molar-refractivity contribution in [3.63, 3.8) is 0 Å². The van der Waals surface area contributed by atoms with Crippen molar-refractivity contribution in [2.24, 2.45) is 5.41 Å². The molecule has 1 aliphatic heterocycles. The van der Waals surface area contributed by atoms with E-state index in [0.29, 0.717) is 23.8 Å². The zero-order chi connectivity index (χ0) is 64.1. The topological polar surface area (TPSA) is 291 Å². The zero-order valence-corrected chi connectivity index (χ0v) is 51.5. The molecule has 0 aliphatic carbocycles. The number of aldehydes is 1. The summed E-state index contributed by atoms with van der Waals surface area (Å²) in [6.07, 6.45) is -4.54. The average molecular weight is 1210 g/mol. The molecule has 21 nitrogen and oxygen atoms in total. The Balaban J connectivity index is 1.55. The Bertz CT molecular complexity index is 2950. The average Bonchev–Trinajstić information content (AvgIpc) is 1.12. The number of nitrogens with one attached hydrogen (secondary N) is 6. The number of carbonyl (C=O) groups is 11. The second kappa shape index (κ2) is 35.3. The maximum absolute atomic E-state index is 15.6. The highest BCUT2D eigenvalue weighted by Crippen LogP contribution is 2.33. The molecule has 0 aromatic heterocycles. The van der Waals surface area contributed by atoms with Crippen molar-refractivity contribution < 1.29 is 67.0 Å². The third-order valence-electron chi connectivity index (χ3n) is 14.7. The van der Waals surface area contributed by atoms with E-state index in [0.717, 1.165) is 11.1 Å². The Morgan fingerprint density at radius 2 is 1.01 bits per heavy atom. The van der Waals surface area contributed by atoms with E-state index in [-0.39, 0.29) is 90.1 Å². The number of rotatable bonds is 35. The van der Waals surface area contributed by atoms with Gasteiger partial charge >= 0.3 is 18.2 Å². The summed E-state index contributed by atoms with van der Waals surface area (Å²) in [7, 11) is 0. The van der Waals surface area contributed by atoms with E-state index in [1.165, 1.54) is 4.90 Å². The molecule has 4 aromatic carbocycles. The van der Waals surface area contributed by atoms with Gasteiger partial charge in [-0.2, -0.15) is 0 Å². The first-order chi connectivity index (χ1) is 42.0. The van der Waals surface area contributed by atoms with Gasteiger partial charge < -0.3 is 55.8 Å². The summed E-state index contributed by atoms with van der Waals surface area (Å²) in [4.78, 5) is 158. The first-order valence-corrected chi connectivity index (χ1v) is 30.3. The lowest BCUT2D eigenvalue weighted by molar-refractivity contribution is -0.144. The third-order valence-corrected chi connectivity index (χ3v) is 14.7. The molecule has 474 valence electrons. The Morgan fingerprint density at radius 3 is 1.44 bits per heavy atom. The fourth-order valence-corrected chi connectivity index (χ4v) is 10.2. The van der Waals surface area contributed by atoms with Gasteiger partial charge in [-0.25, -0.2) is 14.4 Å². The molecule has 5 rings (SSSR count). The normalized spacial score (nSPS) is 14.6. The van der Waals surface area contributed by atoms with Crippen molar-refractivity contribution in [2.45, 2.75) is 160 Å². The van der Waals surface area contributed by atoms with Gasteiger partial charge in [-0.3, -0.25) is 33.6 Å². The number of benzene rings is 4. The number of urea groups is 1. The molecular weight excluding hydrogens is 1130 g/mol. The molecule has 7 amide bonds. The molecule has 2 unspecified atom stereocenters. The lowest BCUT2D eigenvalue weighted by Gasteiger charge is -2.36. The van der Waals surface area contributed by atoms with Crippen LogP contribution in [-0.4, -0.2) is 145 Å². The molecular formula is C67H87N7O14. The van der Waals surface area contributed by atoms with Crippen LogP contribution in [0.4, 0.5) is 14.4 Å². The van der Waals surface area contributed by atoms with Crippen LogP contribution in [0.25, 0.3) is 0 Å². The number of alkyl carbamates (subject to hydrolysis) is 2. The Labute approximate surface area is 515 Å². The summed E-state index contributed by atoms with van der Waals surface area (Å²) in [5.41, 5.74) is -2.81. The van der Waals surface area contributed by atoms with E-state index in [2.05, 4.69) is 31.9 Å². The molecule has 21 heteroatoms. The molecule has 0 saturated carbocycles. The summed E-state index contributed by atoms with van der Waals surface area (Å²) < 4.78 is 16.2. The first kappa shape index (κ1) is 70.2. The molecule has 6 N–H and O–H groups in total. The van der Waals surface area contributed by atoms with Gasteiger partial charge in [0.25, 0.3) is 0 Å². The number of amides is 7. The number of ketones is 4. The number of hydrogen-bond donors (Lipinski definition) is 6.